The summed E-state index contributed by atoms with van der Waals surface area (Å²) in [7, 11) is 0. The minimum Gasteiger partial charge on any atom is -0.480 e. The summed E-state index contributed by atoms with van der Waals surface area (Å²) in [4.78, 5) is 28.1. The van der Waals surface area contributed by atoms with E-state index in [4.69, 9.17) is 4.74 Å². The van der Waals surface area contributed by atoms with Crippen molar-refractivity contribution < 1.29 is 19.4 Å². The molecule has 0 saturated heterocycles. The molecule has 0 bridgehead atoms. The van der Waals surface area contributed by atoms with Gasteiger partial charge in [-0.3, -0.25) is 4.98 Å². The molecular formula is C25H24N2O4. The SMILES string of the molecule is Cc1cncc(CC[C@@H](NC(=O)OCC2c3ccccc3-c3ccccc32)C(=O)O)c1. The number of aromatic nitrogens is 1. The number of fused-ring (bicyclic) bond motifs is 3. The fourth-order valence-corrected chi connectivity index (χ4v) is 4.10. The lowest BCUT2D eigenvalue weighted by molar-refractivity contribution is -0.139. The first-order valence-corrected chi connectivity index (χ1v) is 10.3. The van der Waals surface area contributed by atoms with Gasteiger partial charge in [0.2, 0.25) is 0 Å². The monoisotopic (exact) mass is 416 g/mol. The highest BCUT2D eigenvalue weighted by molar-refractivity contribution is 5.81. The summed E-state index contributed by atoms with van der Waals surface area (Å²) < 4.78 is 5.47. The summed E-state index contributed by atoms with van der Waals surface area (Å²) in [5.74, 6) is -1.16. The second-order valence-electron chi connectivity index (χ2n) is 7.77. The predicted molar refractivity (Wildman–Crippen MR) is 117 cm³/mol. The average molecular weight is 416 g/mol. The quantitative estimate of drug-likeness (QED) is 0.599. The van der Waals surface area contributed by atoms with Crippen LogP contribution >= 0.6 is 0 Å². The number of aliphatic carboxylic acids is 1. The van der Waals surface area contributed by atoms with Crippen molar-refractivity contribution in [1.29, 1.82) is 0 Å². The van der Waals surface area contributed by atoms with Gasteiger partial charge >= 0.3 is 12.1 Å². The Morgan fingerprint density at radius 3 is 2.32 bits per heavy atom. The molecule has 1 aliphatic carbocycles. The number of pyridine rings is 1. The van der Waals surface area contributed by atoms with Crippen LogP contribution in [0.2, 0.25) is 0 Å². The Bertz CT molecular complexity index is 1070. The van der Waals surface area contributed by atoms with E-state index in [0.717, 1.165) is 33.4 Å². The zero-order valence-electron chi connectivity index (χ0n) is 17.2. The zero-order chi connectivity index (χ0) is 21.8. The summed E-state index contributed by atoms with van der Waals surface area (Å²) in [6.45, 7) is 2.08. The Kier molecular flexibility index (Phi) is 5.98. The molecule has 158 valence electrons. The second-order valence-corrected chi connectivity index (χ2v) is 7.77. The molecule has 31 heavy (non-hydrogen) atoms. The van der Waals surface area contributed by atoms with Crippen molar-refractivity contribution in [3.05, 3.63) is 89.2 Å². The van der Waals surface area contributed by atoms with Gasteiger partial charge in [0.05, 0.1) is 0 Å². The molecule has 1 aromatic heterocycles. The summed E-state index contributed by atoms with van der Waals surface area (Å²) in [5, 5.41) is 12.0. The molecule has 1 heterocycles. The maximum absolute atomic E-state index is 12.4. The molecule has 4 rings (SSSR count). The van der Waals surface area contributed by atoms with Crippen LogP contribution in [0.4, 0.5) is 4.79 Å². The van der Waals surface area contributed by atoms with E-state index in [9.17, 15) is 14.7 Å². The fraction of sp³-hybridized carbons (Fsp3) is 0.240. The average Bonchev–Trinajstić information content (AvgIpc) is 3.09. The molecule has 0 spiro atoms. The van der Waals surface area contributed by atoms with Crippen molar-refractivity contribution >= 4 is 12.1 Å². The number of amides is 1. The van der Waals surface area contributed by atoms with Gasteiger partial charge in [0.25, 0.3) is 0 Å². The lowest BCUT2D eigenvalue weighted by Crippen LogP contribution is -2.41. The summed E-state index contributed by atoms with van der Waals surface area (Å²) in [5.41, 5.74) is 6.44. The van der Waals surface area contributed by atoms with Crippen molar-refractivity contribution in [3.63, 3.8) is 0 Å². The van der Waals surface area contributed by atoms with Crippen LogP contribution < -0.4 is 5.32 Å². The van der Waals surface area contributed by atoms with E-state index in [0.29, 0.717) is 6.42 Å². The number of benzene rings is 2. The van der Waals surface area contributed by atoms with Gasteiger partial charge in [-0.1, -0.05) is 54.6 Å². The topological polar surface area (TPSA) is 88.5 Å². The molecule has 0 radical (unpaired) electrons. The van der Waals surface area contributed by atoms with Gasteiger partial charge in [0.15, 0.2) is 0 Å². The Hall–Kier alpha value is -3.67. The highest BCUT2D eigenvalue weighted by Crippen LogP contribution is 2.44. The number of aryl methyl sites for hydroxylation is 2. The van der Waals surface area contributed by atoms with Gasteiger partial charge in [-0.15, -0.1) is 0 Å². The van der Waals surface area contributed by atoms with Crippen LogP contribution in [0.25, 0.3) is 11.1 Å². The smallest absolute Gasteiger partial charge is 0.407 e. The predicted octanol–water partition coefficient (Wildman–Crippen LogP) is 4.31. The van der Waals surface area contributed by atoms with E-state index in [1.807, 2.05) is 49.4 Å². The first-order valence-electron chi connectivity index (χ1n) is 10.3. The molecule has 6 nitrogen and oxygen atoms in total. The van der Waals surface area contributed by atoms with Gasteiger partial charge < -0.3 is 15.2 Å². The fourth-order valence-electron chi connectivity index (χ4n) is 4.10. The number of alkyl carbamates (subject to hydrolysis) is 1. The first kappa shape index (κ1) is 20.6. The molecule has 0 saturated carbocycles. The van der Waals surface area contributed by atoms with Crippen molar-refractivity contribution in [3.8, 4) is 11.1 Å². The van der Waals surface area contributed by atoms with Gasteiger partial charge in [-0.25, -0.2) is 9.59 Å². The van der Waals surface area contributed by atoms with E-state index in [1.165, 1.54) is 0 Å². The van der Waals surface area contributed by atoms with Crippen molar-refractivity contribution in [2.75, 3.05) is 6.61 Å². The van der Waals surface area contributed by atoms with E-state index in [1.54, 1.807) is 12.4 Å². The van der Waals surface area contributed by atoms with Crippen LogP contribution in [-0.2, 0) is 16.0 Å². The Labute approximate surface area is 180 Å². The van der Waals surface area contributed by atoms with Crippen LogP contribution in [0.15, 0.2) is 67.0 Å². The van der Waals surface area contributed by atoms with Crippen LogP contribution in [-0.4, -0.2) is 34.8 Å². The molecule has 1 atom stereocenters. The lowest BCUT2D eigenvalue weighted by Gasteiger charge is -2.17. The summed E-state index contributed by atoms with van der Waals surface area (Å²) >= 11 is 0. The standard InChI is InChI=1S/C25H24N2O4/c1-16-12-17(14-26-13-16)10-11-23(24(28)29)27-25(30)31-15-22-20-8-4-2-6-18(20)19-7-3-5-9-21(19)22/h2-9,12-14,22-23H,10-11,15H2,1H3,(H,27,30)(H,28,29)/t23-/m1/s1. The molecular weight excluding hydrogens is 392 g/mol. The van der Waals surface area contributed by atoms with Gasteiger partial charge in [0.1, 0.15) is 12.6 Å². The lowest BCUT2D eigenvalue weighted by atomic mass is 9.98. The molecule has 1 aliphatic rings. The number of hydrogen-bond acceptors (Lipinski definition) is 4. The number of carbonyl (C=O) groups is 2. The van der Waals surface area contributed by atoms with Crippen molar-refractivity contribution in [2.45, 2.75) is 31.7 Å². The Morgan fingerprint density at radius 2 is 1.71 bits per heavy atom. The summed E-state index contributed by atoms with van der Waals surface area (Å²) in [6, 6.07) is 17.1. The molecule has 2 N–H and O–H groups in total. The number of nitrogens with zero attached hydrogens (tertiary/aromatic N) is 1. The number of carboxylic acids is 1. The third kappa shape index (κ3) is 4.58. The van der Waals surface area contributed by atoms with E-state index >= 15 is 0 Å². The van der Waals surface area contributed by atoms with Crippen LogP contribution in [0, 0.1) is 6.92 Å². The maximum atomic E-state index is 12.4. The van der Waals surface area contributed by atoms with Crippen molar-refractivity contribution in [1.82, 2.24) is 10.3 Å². The molecule has 2 aromatic carbocycles. The molecule has 0 aliphatic heterocycles. The van der Waals surface area contributed by atoms with E-state index in [2.05, 4.69) is 22.4 Å². The summed E-state index contributed by atoms with van der Waals surface area (Å²) in [6.07, 6.45) is 3.48. The molecule has 0 unspecified atom stereocenters. The van der Waals surface area contributed by atoms with Crippen LogP contribution in [0.3, 0.4) is 0 Å². The number of rotatable bonds is 7. The number of carbonyl (C=O) groups excluding carboxylic acids is 1. The Morgan fingerprint density at radius 1 is 1.06 bits per heavy atom. The second kappa shape index (κ2) is 9.00. The zero-order valence-corrected chi connectivity index (χ0v) is 17.2. The third-order valence-corrected chi connectivity index (χ3v) is 5.59. The molecule has 0 fully saturated rings. The molecule has 6 heteroatoms. The third-order valence-electron chi connectivity index (χ3n) is 5.59. The minimum atomic E-state index is -1.09. The van der Waals surface area contributed by atoms with Crippen molar-refractivity contribution in [2.24, 2.45) is 0 Å². The number of ether oxygens (including phenoxy) is 1. The molecule has 1 amide bonds. The minimum absolute atomic E-state index is 0.0696. The molecule has 3 aromatic rings. The van der Waals surface area contributed by atoms with Gasteiger partial charge in [0, 0.05) is 18.3 Å². The number of carboxylic acid groups (broad SMARTS) is 1. The maximum Gasteiger partial charge on any atom is 0.407 e. The van der Waals surface area contributed by atoms with E-state index < -0.39 is 18.1 Å². The Balaban J connectivity index is 1.38. The van der Waals surface area contributed by atoms with Crippen LogP contribution in [0.5, 0.6) is 0 Å². The van der Waals surface area contributed by atoms with Gasteiger partial charge in [-0.2, -0.15) is 0 Å². The largest absolute Gasteiger partial charge is 0.480 e. The highest BCUT2D eigenvalue weighted by Gasteiger charge is 2.29. The number of hydrogen-bond donors (Lipinski definition) is 2. The normalized spacial score (nSPS) is 13.2. The van der Waals surface area contributed by atoms with E-state index in [-0.39, 0.29) is 18.9 Å². The highest BCUT2D eigenvalue weighted by atomic mass is 16.5. The van der Waals surface area contributed by atoms with Gasteiger partial charge in [-0.05, 0) is 53.1 Å². The first-order chi connectivity index (χ1) is 15.0. The number of nitrogens with one attached hydrogen (secondary N) is 1. The van der Waals surface area contributed by atoms with Crippen LogP contribution in [0.1, 0.15) is 34.6 Å².